The molecule has 0 bridgehead atoms. The second kappa shape index (κ2) is 13.3. The van der Waals surface area contributed by atoms with E-state index in [4.69, 9.17) is 0 Å². The van der Waals surface area contributed by atoms with E-state index in [9.17, 15) is 22.8 Å². The van der Waals surface area contributed by atoms with Crippen LogP contribution in [0, 0.1) is 12.8 Å². The van der Waals surface area contributed by atoms with E-state index >= 15 is 0 Å². The first-order valence-corrected chi connectivity index (χ1v) is 16.9. The Bertz CT molecular complexity index is 2150. The molecule has 2 aliphatic heterocycles. The van der Waals surface area contributed by atoms with Crippen molar-refractivity contribution >= 4 is 50.6 Å². The lowest BCUT2D eigenvalue weighted by Crippen LogP contribution is -2.43. The predicted molar refractivity (Wildman–Crippen MR) is 191 cm³/mol. The van der Waals surface area contributed by atoms with Crippen LogP contribution in [0.15, 0.2) is 85.2 Å². The molecule has 2 amide bonds. The number of rotatable bonds is 5. The Morgan fingerprint density at radius 1 is 0.880 bits per heavy atom. The van der Waals surface area contributed by atoms with Crippen molar-refractivity contribution in [3.8, 4) is 11.1 Å². The summed E-state index contributed by atoms with van der Waals surface area (Å²) < 4.78 is 44.4. The van der Waals surface area contributed by atoms with E-state index in [1.54, 1.807) is 36.4 Å². The second-order valence-electron chi connectivity index (χ2n) is 13.4. The number of aromatic nitrogens is 2. The SMILES string of the molecule is CC(=O)N(c1ccc(C2=CCN(C(=O)C3CCN(C)CC3)CC2)c(C(F)(F)F)c1)c1c(C)cnc2ccc(-c3cnc4ccccc4c3)cc12. The fourth-order valence-electron chi connectivity index (χ4n) is 7.27. The molecule has 2 aromatic heterocycles. The number of alkyl halides is 3. The molecule has 1 fully saturated rings. The molecule has 256 valence electrons. The molecule has 5 aromatic rings. The monoisotopic (exact) mass is 677 g/mol. The van der Waals surface area contributed by atoms with Crippen LogP contribution in [0.4, 0.5) is 24.5 Å². The van der Waals surface area contributed by atoms with E-state index in [0.717, 1.165) is 54.0 Å². The Morgan fingerprint density at radius 3 is 2.36 bits per heavy atom. The highest BCUT2D eigenvalue weighted by Crippen LogP contribution is 2.42. The van der Waals surface area contributed by atoms with Crippen molar-refractivity contribution in [2.24, 2.45) is 5.92 Å². The van der Waals surface area contributed by atoms with Crippen molar-refractivity contribution in [2.45, 2.75) is 39.3 Å². The van der Waals surface area contributed by atoms with E-state index in [1.807, 2.05) is 55.6 Å². The van der Waals surface area contributed by atoms with Gasteiger partial charge in [-0.1, -0.05) is 36.4 Å². The molecule has 7 nitrogen and oxygen atoms in total. The summed E-state index contributed by atoms with van der Waals surface area (Å²) in [5.41, 5.74) is 4.19. The topological polar surface area (TPSA) is 69.6 Å². The molecule has 0 saturated carbocycles. The molecule has 2 aliphatic rings. The van der Waals surface area contributed by atoms with Crippen LogP contribution in [0.3, 0.4) is 0 Å². The number of pyridine rings is 2. The Hall–Kier alpha value is -5.09. The molecule has 0 spiro atoms. The summed E-state index contributed by atoms with van der Waals surface area (Å²) in [5, 5.41) is 1.61. The standard InChI is InChI=1S/C40H38F3N5O2/c1-25-23-44-37-11-8-29(31-20-30-6-4-5-7-36(30)45-24-31)21-34(37)38(25)48(26(2)49)32-9-10-33(35(22-32)40(41,42)43)27-14-18-47(19-15-27)39(50)28-12-16-46(3)17-13-28/h4-11,14,20-24,28H,12-13,15-19H2,1-3H3. The number of fused-ring (bicyclic) bond motifs is 2. The summed E-state index contributed by atoms with van der Waals surface area (Å²) in [6.07, 6.45) is 2.39. The van der Waals surface area contributed by atoms with Gasteiger partial charge in [-0.05, 0) is 105 Å². The number of hydrogen-bond donors (Lipinski definition) is 0. The number of para-hydroxylation sites is 1. The van der Waals surface area contributed by atoms with Gasteiger partial charge in [-0.25, -0.2) is 0 Å². The summed E-state index contributed by atoms with van der Waals surface area (Å²) in [6, 6.07) is 19.6. The summed E-state index contributed by atoms with van der Waals surface area (Å²) in [5.74, 6) is -0.396. The van der Waals surface area contributed by atoms with Crippen LogP contribution in [-0.4, -0.2) is 64.8 Å². The van der Waals surface area contributed by atoms with Crippen LogP contribution in [0.5, 0.6) is 0 Å². The quantitative estimate of drug-likeness (QED) is 0.187. The van der Waals surface area contributed by atoms with Gasteiger partial charge in [0.05, 0.1) is 22.3 Å². The van der Waals surface area contributed by atoms with E-state index in [0.29, 0.717) is 40.7 Å². The average Bonchev–Trinajstić information content (AvgIpc) is 3.12. The average molecular weight is 678 g/mol. The number of anilines is 2. The first-order valence-electron chi connectivity index (χ1n) is 16.9. The molecule has 0 aliphatic carbocycles. The third-order valence-corrected chi connectivity index (χ3v) is 9.99. The van der Waals surface area contributed by atoms with Crippen LogP contribution in [0.1, 0.15) is 42.9 Å². The third kappa shape index (κ3) is 6.47. The summed E-state index contributed by atoms with van der Waals surface area (Å²) in [7, 11) is 2.04. The van der Waals surface area contributed by atoms with Gasteiger partial charge in [-0.3, -0.25) is 24.5 Å². The van der Waals surface area contributed by atoms with Crippen molar-refractivity contribution in [1.29, 1.82) is 0 Å². The lowest BCUT2D eigenvalue weighted by Gasteiger charge is -2.34. The van der Waals surface area contributed by atoms with Gasteiger partial charge in [0.25, 0.3) is 0 Å². The molecule has 3 aromatic carbocycles. The summed E-state index contributed by atoms with van der Waals surface area (Å²) >= 11 is 0. The Kier molecular flexibility index (Phi) is 8.90. The Labute approximate surface area is 289 Å². The van der Waals surface area contributed by atoms with Crippen LogP contribution >= 0.6 is 0 Å². The fourth-order valence-corrected chi connectivity index (χ4v) is 7.27. The molecule has 1 saturated heterocycles. The molecule has 4 heterocycles. The first-order chi connectivity index (χ1) is 24.0. The zero-order valence-corrected chi connectivity index (χ0v) is 28.3. The van der Waals surface area contributed by atoms with Gasteiger partial charge < -0.3 is 9.80 Å². The molecule has 50 heavy (non-hydrogen) atoms. The molecule has 0 N–H and O–H groups in total. The smallest absolute Gasteiger partial charge is 0.338 e. The number of carbonyl (C=O) groups excluding carboxylic acids is 2. The number of likely N-dealkylation sites (tertiary alicyclic amines) is 1. The number of piperidine rings is 1. The van der Waals surface area contributed by atoms with Crippen LogP contribution in [0.25, 0.3) is 38.5 Å². The number of hydrogen-bond acceptors (Lipinski definition) is 5. The van der Waals surface area contributed by atoms with Crippen LogP contribution in [0.2, 0.25) is 0 Å². The maximum absolute atomic E-state index is 14.8. The van der Waals surface area contributed by atoms with Gasteiger partial charge in [-0.15, -0.1) is 0 Å². The lowest BCUT2D eigenvalue weighted by atomic mass is 9.91. The summed E-state index contributed by atoms with van der Waals surface area (Å²) in [6.45, 7) is 5.52. The largest absolute Gasteiger partial charge is 0.417 e. The first kappa shape index (κ1) is 33.4. The molecule has 0 unspecified atom stereocenters. The van der Waals surface area contributed by atoms with Crippen molar-refractivity contribution in [3.63, 3.8) is 0 Å². The minimum absolute atomic E-state index is 0.0447. The highest BCUT2D eigenvalue weighted by Gasteiger charge is 2.36. The predicted octanol–water partition coefficient (Wildman–Crippen LogP) is 8.42. The van der Waals surface area contributed by atoms with Crippen LogP contribution < -0.4 is 4.90 Å². The van der Waals surface area contributed by atoms with E-state index in [-0.39, 0.29) is 29.6 Å². The van der Waals surface area contributed by atoms with E-state index < -0.39 is 17.6 Å². The van der Waals surface area contributed by atoms with E-state index in [2.05, 4.69) is 14.9 Å². The molecule has 0 radical (unpaired) electrons. The number of benzene rings is 3. The number of aryl methyl sites for hydroxylation is 1. The normalized spacial score (nSPS) is 16.1. The Balaban J connectivity index is 1.25. The van der Waals surface area contributed by atoms with Crippen LogP contribution in [-0.2, 0) is 15.8 Å². The second-order valence-corrected chi connectivity index (χ2v) is 13.4. The van der Waals surface area contributed by atoms with E-state index in [1.165, 1.54) is 17.9 Å². The molecular formula is C40H38F3N5O2. The van der Waals surface area contributed by atoms with Gasteiger partial charge >= 0.3 is 6.18 Å². The van der Waals surface area contributed by atoms with Gasteiger partial charge in [0.1, 0.15) is 0 Å². The number of halogens is 3. The molecule has 10 heteroatoms. The molecule has 0 atom stereocenters. The maximum Gasteiger partial charge on any atom is 0.417 e. The highest BCUT2D eigenvalue weighted by molar-refractivity contribution is 6.09. The maximum atomic E-state index is 14.8. The minimum Gasteiger partial charge on any atom is -0.338 e. The summed E-state index contributed by atoms with van der Waals surface area (Å²) in [4.78, 5) is 41.1. The lowest BCUT2D eigenvalue weighted by molar-refractivity contribution is -0.138. The van der Waals surface area contributed by atoms with Crippen molar-refractivity contribution in [3.05, 3.63) is 102 Å². The number of nitrogens with zero attached hydrogens (tertiary/aromatic N) is 5. The number of amides is 2. The van der Waals surface area contributed by atoms with Crippen molar-refractivity contribution < 1.29 is 22.8 Å². The fraction of sp³-hybridized carbons (Fsp3) is 0.300. The molecule has 7 rings (SSSR count). The van der Waals surface area contributed by atoms with Gasteiger partial charge in [0.15, 0.2) is 0 Å². The highest BCUT2D eigenvalue weighted by atomic mass is 19.4. The zero-order chi connectivity index (χ0) is 35.2. The minimum atomic E-state index is -4.68. The van der Waals surface area contributed by atoms with Crippen molar-refractivity contribution in [2.75, 3.05) is 38.1 Å². The van der Waals surface area contributed by atoms with Gasteiger partial charge in [0.2, 0.25) is 11.8 Å². The zero-order valence-electron chi connectivity index (χ0n) is 28.3. The Morgan fingerprint density at radius 2 is 1.64 bits per heavy atom. The number of carbonyl (C=O) groups is 2. The van der Waals surface area contributed by atoms with Crippen molar-refractivity contribution in [1.82, 2.24) is 19.8 Å². The van der Waals surface area contributed by atoms with Gasteiger partial charge in [-0.2, -0.15) is 13.2 Å². The van der Waals surface area contributed by atoms with Gasteiger partial charge in [0, 0.05) is 60.3 Å². The molecular weight excluding hydrogens is 639 g/mol. The third-order valence-electron chi connectivity index (χ3n) is 9.99.